The predicted molar refractivity (Wildman–Crippen MR) is 70.3 cm³/mol. The minimum Gasteiger partial charge on any atom is -0.481 e. The molecule has 0 aliphatic rings. The van der Waals surface area contributed by atoms with E-state index >= 15 is 0 Å². The van der Waals surface area contributed by atoms with Gasteiger partial charge in [-0.05, 0) is 19.9 Å². The number of carboxylic acids is 1. The molecule has 0 unspecified atom stereocenters. The van der Waals surface area contributed by atoms with Crippen LogP contribution in [0.4, 0.5) is 11.5 Å². The number of rotatable bonds is 6. The maximum absolute atomic E-state index is 10.7. The summed E-state index contributed by atoms with van der Waals surface area (Å²) in [5.41, 5.74) is -0.647. The summed E-state index contributed by atoms with van der Waals surface area (Å²) in [7, 11) is 0. The van der Waals surface area contributed by atoms with Crippen LogP contribution < -0.4 is 4.90 Å². The Morgan fingerprint density at radius 1 is 1.60 bits per heavy atom. The van der Waals surface area contributed by atoms with Gasteiger partial charge in [-0.15, -0.1) is 0 Å². The molecule has 106 valence electrons. The standard InChI is InChI=1S/C12H14N4O4/c1-8(2)15(6-5-12(17)18)11-4-3-10(16(19)20)9(7-13)14-11/h3-4,8H,5-6H2,1-2H3,(H,17,18). The molecule has 0 aromatic carbocycles. The molecule has 0 fully saturated rings. The summed E-state index contributed by atoms with van der Waals surface area (Å²) < 4.78 is 0. The third-order valence-electron chi connectivity index (χ3n) is 2.65. The van der Waals surface area contributed by atoms with E-state index in [2.05, 4.69) is 4.98 Å². The fourth-order valence-electron chi connectivity index (χ4n) is 1.68. The zero-order valence-corrected chi connectivity index (χ0v) is 11.1. The van der Waals surface area contributed by atoms with Crippen molar-refractivity contribution in [3.05, 3.63) is 27.9 Å². The summed E-state index contributed by atoms with van der Waals surface area (Å²) in [4.78, 5) is 26.3. The molecule has 0 radical (unpaired) electrons. The largest absolute Gasteiger partial charge is 0.481 e. The first kappa shape index (κ1) is 15.4. The summed E-state index contributed by atoms with van der Waals surface area (Å²) in [6.07, 6.45) is -0.0846. The summed E-state index contributed by atoms with van der Waals surface area (Å²) in [6, 6.07) is 4.26. The Morgan fingerprint density at radius 3 is 2.70 bits per heavy atom. The Bertz CT molecular complexity index is 565. The van der Waals surface area contributed by atoms with Gasteiger partial charge in [0.25, 0.3) is 0 Å². The number of nitrogens with zero attached hydrogens (tertiary/aromatic N) is 4. The zero-order valence-electron chi connectivity index (χ0n) is 11.1. The second-order valence-corrected chi connectivity index (χ2v) is 4.34. The van der Waals surface area contributed by atoms with Crippen molar-refractivity contribution >= 4 is 17.5 Å². The fraction of sp³-hybridized carbons (Fsp3) is 0.417. The van der Waals surface area contributed by atoms with E-state index in [1.165, 1.54) is 12.1 Å². The third kappa shape index (κ3) is 3.65. The molecule has 0 saturated heterocycles. The van der Waals surface area contributed by atoms with E-state index in [0.29, 0.717) is 5.82 Å². The minimum absolute atomic E-state index is 0.0464. The highest BCUT2D eigenvalue weighted by atomic mass is 16.6. The zero-order chi connectivity index (χ0) is 15.3. The first-order valence-corrected chi connectivity index (χ1v) is 5.90. The van der Waals surface area contributed by atoms with E-state index in [-0.39, 0.29) is 30.4 Å². The van der Waals surface area contributed by atoms with Crippen LogP contribution in [0.5, 0.6) is 0 Å². The Morgan fingerprint density at radius 2 is 2.25 bits per heavy atom. The molecule has 1 N–H and O–H groups in total. The lowest BCUT2D eigenvalue weighted by Gasteiger charge is -2.27. The van der Waals surface area contributed by atoms with Crippen molar-refractivity contribution in [1.29, 1.82) is 5.26 Å². The summed E-state index contributed by atoms with van der Waals surface area (Å²) >= 11 is 0. The second kappa shape index (κ2) is 6.47. The summed E-state index contributed by atoms with van der Waals surface area (Å²) in [6.45, 7) is 3.90. The number of carbonyl (C=O) groups is 1. The molecule has 0 aliphatic carbocycles. The first-order valence-electron chi connectivity index (χ1n) is 5.90. The Kier molecular flexibility index (Phi) is 4.97. The van der Waals surface area contributed by atoms with Crippen LogP contribution >= 0.6 is 0 Å². The van der Waals surface area contributed by atoms with Gasteiger partial charge in [-0.25, -0.2) is 4.98 Å². The van der Waals surface area contributed by atoms with Crippen LogP contribution in [0.3, 0.4) is 0 Å². The average Bonchev–Trinajstić information content (AvgIpc) is 2.37. The Balaban J connectivity index is 3.12. The van der Waals surface area contributed by atoms with E-state index in [4.69, 9.17) is 10.4 Å². The van der Waals surface area contributed by atoms with Gasteiger partial charge >= 0.3 is 11.7 Å². The molecule has 8 nitrogen and oxygen atoms in total. The predicted octanol–water partition coefficient (Wildman–Crippen LogP) is 1.55. The fourth-order valence-corrected chi connectivity index (χ4v) is 1.68. The van der Waals surface area contributed by atoms with Crippen LogP contribution in [0.1, 0.15) is 26.0 Å². The number of hydrogen-bond acceptors (Lipinski definition) is 6. The van der Waals surface area contributed by atoms with Crippen molar-refractivity contribution in [2.24, 2.45) is 0 Å². The van der Waals surface area contributed by atoms with E-state index in [1.807, 2.05) is 13.8 Å². The van der Waals surface area contributed by atoms with Crippen molar-refractivity contribution in [3.8, 4) is 6.07 Å². The van der Waals surface area contributed by atoms with Crippen molar-refractivity contribution in [2.75, 3.05) is 11.4 Å². The van der Waals surface area contributed by atoms with Gasteiger partial charge in [-0.1, -0.05) is 0 Å². The molecule has 0 atom stereocenters. The Labute approximate surface area is 115 Å². The number of pyridine rings is 1. The van der Waals surface area contributed by atoms with E-state index < -0.39 is 10.9 Å². The molecular formula is C12H14N4O4. The minimum atomic E-state index is -0.946. The van der Waals surface area contributed by atoms with Crippen LogP contribution in [0, 0.1) is 21.4 Å². The van der Waals surface area contributed by atoms with E-state index in [9.17, 15) is 14.9 Å². The lowest BCUT2D eigenvalue weighted by atomic mass is 10.2. The highest BCUT2D eigenvalue weighted by Crippen LogP contribution is 2.22. The van der Waals surface area contributed by atoms with Crippen LogP contribution in [0.15, 0.2) is 12.1 Å². The van der Waals surface area contributed by atoms with Crippen LogP contribution in [0.2, 0.25) is 0 Å². The number of nitro groups is 1. The summed E-state index contributed by atoms with van der Waals surface area (Å²) in [5.74, 6) is -0.596. The van der Waals surface area contributed by atoms with Crippen molar-refractivity contribution < 1.29 is 14.8 Å². The number of carboxylic acid groups (broad SMARTS) is 1. The first-order chi connectivity index (χ1) is 9.36. The molecule has 1 aromatic heterocycles. The van der Waals surface area contributed by atoms with Crippen molar-refractivity contribution in [3.63, 3.8) is 0 Å². The van der Waals surface area contributed by atoms with Crippen LogP contribution in [-0.2, 0) is 4.79 Å². The molecule has 1 aromatic rings. The number of aromatic nitrogens is 1. The van der Waals surface area contributed by atoms with Gasteiger partial charge < -0.3 is 10.0 Å². The molecule has 20 heavy (non-hydrogen) atoms. The highest BCUT2D eigenvalue weighted by molar-refractivity contribution is 5.67. The number of aliphatic carboxylic acids is 1. The molecular weight excluding hydrogens is 264 g/mol. The smallest absolute Gasteiger partial charge is 0.305 e. The number of hydrogen-bond donors (Lipinski definition) is 1. The van der Waals surface area contributed by atoms with Crippen molar-refractivity contribution in [1.82, 2.24) is 4.98 Å². The third-order valence-corrected chi connectivity index (χ3v) is 2.65. The molecule has 0 amide bonds. The number of anilines is 1. The van der Waals surface area contributed by atoms with Crippen LogP contribution in [-0.4, -0.2) is 33.6 Å². The molecule has 0 spiro atoms. The van der Waals surface area contributed by atoms with Gasteiger partial charge in [-0.3, -0.25) is 14.9 Å². The van der Waals surface area contributed by atoms with Gasteiger partial charge in [0.1, 0.15) is 11.9 Å². The molecule has 0 aliphatic heterocycles. The maximum Gasteiger partial charge on any atom is 0.305 e. The lowest BCUT2D eigenvalue weighted by Crippen LogP contribution is -2.33. The van der Waals surface area contributed by atoms with Gasteiger partial charge in [0.05, 0.1) is 11.3 Å². The van der Waals surface area contributed by atoms with E-state index in [1.54, 1.807) is 11.0 Å². The van der Waals surface area contributed by atoms with Gasteiger partial charge in [0.15, 0.2) is 0 Å². The quantitative estimate of drug-likeness (QED) is 0.619. The van der Waals surface area contributed by atoms with E-state index in [0.717, 1.165) is 0 Å². The second-order valence-electron chi connectivity index (χ2n) is 4.34. The maximum atomic E-state index is 10.7. The normalized spacial score (nSPS) is 10.1. The molecule has 0 saturated carbocycles. The Hall–Kier alpha value is -2.69. The van der Waals surface area contributed by atoms with Gasteiger partial charge in [-0.2, -0.15) is 5.26 Å². The van der Waals surface area contributed by atoms with Gasteiger partial charge in [0, 0.05) is 18.7 Å². The molecule has 1 rings (SSSR count). The number of nitriles is 1. The summed E-state index contributed by atoms with van der Waals surface area (Å²) in [5, 5.41) is 28.4. The van der Waals surface area contributed by atoms with Crippen molar-refractivity contribution in [2.45, 2.75) is 26.3 Å². The molecule has 0 bridgehead atoms. The lowest BCUT2D eigenvalue weighted by molar-refractivity contribution is -0.385. The monoisotopic (exact) mass is 278 g/mol. The van der Waals surface area contributed by atoms with Crippen LogP contribution in [0.25, 0.3) is 0 Å². The highest BCUT2D eigenvalue weighted by Gasteiger charge is 2.19. The molecule has 1 heterocycles. The van der Waals surface area contributed by atoms with Gasteiger partial charge in [0.2, 0.25) is 5.69 Å². The molecule has 8 heteroatoms. The average molecular weight is 278 g/mol. The topological polar surface area (TPSA) is 120 Å². The SMILES string of the molecule is CC(C)N(CCC(=O)O)c1ccc([N+](=O)[O-])c(C#N)n1.